The fraction of sp³-hybridized carbons (Fsp3) is 0.417. The van der Waals surface area contributed by atoms with Crippen molar-refractivity contribution in [2.24, 2.45) is 0 Å². The van der Waals surface area contributed by atoms with E-state index < -0.39 is 0 Å². The van der Waals surface area contributed by atoms with E-state index in [1.54, 1.807) is 6.20 Å². The summed E-state index contributed by atoms with van der Waals surface area (Å²) in [5.41, 5.74) is 0.983. The van der Waals surface area contributed by atoms with Crippen molar-refractivity contribution in [2.45, 2.75) is 31.7 Å². The summed E-state index contributed by atoms with van der Waals surface area (Å²) in [5, 5.41) is 8.60. The molecule has 2 aromatic rings. The zero-order valence-electron chi connectivity index (χ0n) is 9.55. The standard InChI is InChI=1S/C12H13ClN4/c1-8(10-4-2-3-7-14-10)17-11(9-5-6-9)15-16-12(17)13/h2-4,7-9H,5-6H2,1H3. The summed E-state index contributed by atoms with van der Waals surface area (Å²) >= 11 is 6.12. The van der Waals surface area contributed by atoms with Crippen LogP contribution in [0.15, 0.2) is 24.4 Å². The normalized spacial score (nSPS) is 17.1. The minimum atomic E-state index is 0.0781. The topological polar surface area (TPSA) is 43.6 Å². The van der Waals surface area contributed by atoms with Crippen LogP contribution >= 0.6 is 11.6 Å². The Kier molecular flexibility index (Phi) is 2.59. The monoisotopic (exact) mass is 248 g/mol. The lowest BCUT2D eigenvalue weighted by Gasteiger charge is -2.15. The molecule has 0 N–H and O–H groups in total. The second-order valence-electron chi connectivity index (χ2n) is 4.40. The Morgan fingerprint density at radius 3 is 2.82 bits per heavy atom. The summed E-state index contributed by atoms with van der Waals surface area (Å²) in [5.74, 6) is 1.52. The lowest BCUT2D eigenvalue weighted by Crippen LogP contribution is -2.11. The van der Waals surface area contributed by atoms with Crippen molar-refractivity contribution in [1.82, 2.24) is 19.7 Å². The second-order valence-corrected chi connectivity index (χ2v) is 4.74. The molecule has 0 amide bonds. The Labute approximate surface area is 105 Å². The molecule has 1 atom stereocenters. The van der Waals surface area contributed by atoms with Crippen LogP contribution in [0.1, 0.15) is 43.2 Å². The van der Waals surface area contributed by atoms with Crippen LogP contribution in [0.3, 0.4) is 0 Å². The third-order valence-corrected chi connectivity index (χ3v) is 3.38. The molecule has 2 heterocycles. The summed E-state index contributed by atoms with van der Waals surface area (Å²) < 4.78 is 1.99. The summed E-state index contributed by atoms with van der Waals surface area (Å²) in [4.78, 5) is 4.36. The van der Waals surface area contributed by atoms with E-state index in [0.29, 0.717) is 11.2 Å². The molecule has 1 aliphatic rings. The van der Waals surface area contributed by atoms with E-state index in [1.807, 2.05) is 22.8 Å². The van der Waals surface area contributed by atoms with Crippen molar-refractivity contribution in [3.8, 4) is 0 Å². The molecule has 0 radical (unpaired) electrons. The Morgan fingerprint density at radius 2 is 2.18 bits per heavy atom. The van der Waals surface area contributed by atoms with E-state index in [2.05, 4.69) is 22.1 Å². The first-order valence-electron chi connectivity index (χ1n) is 5.78. The lowest BCUT2D eigenvalue weighted by atomic mass is 10.2. The van der Waals surface area contributed by atoms with Gasteiger partial charge in [-0.1, -0.05) is 6.07 Å². The maximum Gasteiger partial charge on any atom is 0.225 e. The minimum Gasteiger partial charge on any atom is -0.293 e. The van der Waals surface area contributed by atoms with Crippen LogP contribution in [0.4, 0.5) is 0 Å². The molecule has 5 heteroatoms. The van der Waals surface area contributed by atoms with Crippen LogP contribution < -0.4 is 0 Å². The van der Waals surface area contributed by atoms with E-state index in [-0.39, 0.29) is 6.04 Å². The molecule has 2 aromatic heterocycles. The Hall–Kier alpha value is -1.42. The minimum absolute atomic E-state index is 0.0781. The van der Waals surface area contributed by atoms with Crippen molar-refractivity contribution in [3.05, 3.63) is 41.2 Å². The number of pyridine rings is 1. The molecule has 0 bridgehead atoms. The van der Waals surface area contributed by atoms with Gasteiger partial charge in [0, 0.05) is 12.1 Å². The number of nitrogens with zero attached hydrogens (tertiary/aromatic N) is 4. The Balaban J connectivity index is 2.00. The summed E-state index contributed by atoms with van der Waals surface area (Å²) in [6.45, 7) is 2.07. The molecule has 1 saturated carbocycles. The number of halogens is 1. The quantitative estimate of drug-likeness (QED) is 0.839. The molecule has 0 saturated heterocycles. The molecule has 1 unspecified atom stereocenters. The first-order chi connectivity index (χ1) is 8.27. The van der Waals surface area contributed by atoms with Crippen LogP contribution in [-0.2, 0) is 0 Å². The molecule has 1 fully saturated rings. The average molecular weight is 249 g/mol. The van der Waals surface area contributed by atoms with E-state index in [4.69, 9.17) is 11.6 Å². The van der Waals surface area contributed by atoms with Gasteiger partial charge in [0.05, 0.1) is 11.7 Å². The SMILES string of the molecule is CC(c1ccccn1)n1c(Cl)nnc1C1CC1. The Bertz CT molecular complexity index is 519. The van der Waals surface area contributed by atoms with Gasteiger partial charge in [-0.05, 0) is 43.5 Å². The lowest BCUT2D eigenvalue weighted by molar-refractivity contribution is 0.588. The smallest absolute Gasteiger partial charge is 0.225 e. The van der Waals surface area contributed by atoms with Gasteiger partial charge < -0.3 is 0 Å². The van der Waals surface area contributed by atoms with Gasteiger partial charge in [0.1, 0.15) is 5.82 Å². The van der Waals surface area contributed by atoms with Gasteiger partial charge in [-0.3, -0.25) is 9.55 Å². The van der Waals surface area contributed by atoms with Crippen molar-refractivity contribution in [2.75, 3.05) is 0 Å². The fourth-order valence-corrected chi connectivity index (χ4v) is 2.29. The first kappa shape index (κ1) is 10.7. The summed E-state index contributed by atoms with van der Waals surface area (Å²) in [6, 6.07) is 5.96. The van der Waals surface area contributed by atoms with E-state index in [0.717, 1.165) is 11.5 Å². The molecule has 0 spiro atoms. The third kappa shape index (κ3) is 1.93. The number of rotatable bonds is 3. The van der Waals surface area contributed by atoms with Crippen LogP contribution in [0.5, 0.6) is 0 Å². The van der Waals surface area contributed by atoms with Gasteiger partial charge in [0.15, 0.2) is 0 Å². The van der Waals surface area contributed by atoms with Crippen molar-refractivity contribution < 1.29 is 0 Å². The molecule has 88 valence electrons. The van der Waals surface area contributed by atoms with Crippen LogP contribution in [0.2, 0.25) is 5.28 Å². The predicted molar refractivity (Wildman–Crippen MR) is 65.1 cm³/mol. The highest BCUT2D eigenvalue weighted by Crippen LogP contribution is 2.41. The Morgan fingerprint density at radius 1 is 1.35 bits per heavy atom. The molecule has 0 aliphatic heterocycles. The zero-order chi connectivity index (χ0) is 11.8. The van der Waals surface area contributed by atoms with Gasteiger partial charge in [0.25, 0.3) is 0 Å². The average Bonchev–Trinajstić information content (AvgIpc) is 3.13. The largest absolute Gasteiger partial charge is 0.293 e. The first-order valence-corrected chi connectivity index (χ1v) is 6.16. The van der Waals surface area contributed by atoms with Gasteiger partial charge in [-0.2, -0.15) is 0 Å². The van der Waals surface area contributed by atoms with Gasteiger partial charge in [-0.25, -0.2) is 0 Å². The van der Waals surface area contributed by atoms with E-state index in [1.165, 1.54) is 12.8 Å². The van der Waals surface area contributed by atoms with Crippen LogP contribution in [-0.4, -0.2) is 19.7 Å². The van der Waals surface area contributed by atoms with Crippen molar-refractivity contribution >= 4 is 11.6 Å². The maximum absolute atomic E-state index is 6.12. The molecular weight excluding hydrogens is 236 g/mol. The summed E-state index contributed by atoms with van der Waals surface area (Å²) in [6.07, 6.45) is 4.16. The summed E-state index contributed by atoms with van der Waals surface area (Å²) in [7, 11) is 0. The van der Waals surface area contributed by atoms with Gasteiger partial charge in [0.2, 0.25) is 5.28 Å². The second kappa shape index (κ2) is 4.11. The number of aromatic nitrogens is 4. The van der Waals surface area contributed by atoms with Gasteiger partial charge >= 0.3 is 0 Å². The highest BCUT2D eigenvalue weighted by Gasteiger charge is 2.31. The van der Waals surface area contributed by atoms with Crippen LogP contribution in [0.25, 0.3) is 0 Å². The molecular formula is C12H13ClN4. The van der Waals surface area contributed by atoms with Crippen molar-refractivity contribution in [3.63, 3.8) is 0 Å². The number of hydrogen-bond acceptors (Lipinski definition) is 3. The third-order valence-electron chi connectivity index (χ3n) is 3.13. The van der Waals surface area contributed by atoms with Crippen molar-refractivity contribution in [1.29, 1.82) is 0 Å². The van der Waals surface area contributed by atoms with E-state index in [9.17, 15) is 0 Å². The fourth-order valence-electron chi connectivity index (χ4n) is 2.02. The molecule has 17 heavy (non-hydrogen) atoms. The number of hydrogen-bond donors (Lipinski definition) is 0. The highest BCUT2D eigenvalue weighted by atomic mass is 35.5. The molecule has 0 aromatic carbocycles. The predicted octanol–water partition coefficient (Wildman–Crippen LogP) is 2.81. The highest BCUT2D eigenvalue weighted by molar-refractivity contribution is 6.28. The van der Waals surface area contributed by atoms with Crippen LogP contribution in [0, 0.1) is 0 Å². The zero-order valence-corrected chi connectivity index (χ0v) is 10.3. The maximum atomic E-state index is 6.12. The van der Waals surface area contributed by atoms with Gasteiger partial charge in [-0.15, -0.1) is 10.2 Å². The molecule has 4 nitrogen and oxygen atoms in total. The van der Waals surface area contributed by atoms with E-state index >= 15 is 0 Å². The molecule has 1 aliphatic carbocycles. The molecule has 3 rings (SSSR count).